The van der Waals surface area contributed by atoms with E-state index in [4.69, 9.17) is 4.43 Å². The van der Waals surface area contributed by atoms with E-state index in [0.29, 0.717) is 6.42 Å². The molecule has 0 aliphatic rings. The minimum absolute atomic E-state index is 0.200. The van der Waals surface area contributed by atoms with Crippen LogP contribution in [-0.4, -0.2) is 14.6 Å². The zero-order valence-corrected chi connectivity index (χ0v) is 13.1. The first-order chi connectivity index (χ1) is 8.26. The molecule has 0 N–H and O–H groups in total. The Labute approximate surface area is 111 Å². The van der Waals surface area contributed by atoms with Gasteiger partial charge in [-0.05, 0) is 42.2 Å². The van der Waals surface area contributed by atoms with Gasteiger partial charge in [0.1, 0.15) is 12.0 Å². The molecule has 18 heavy (non-hydrogen) atoms. The minimum Gasteiger partial charge on any atom is -0.543 e. The molecule has 0 heterocycles. The van der Waals surface area contributed by atoms with Crippen LogP contribution in [0.4, 0.5) is 0 Å². The summed E-state index contributed by atoms with van der Waals surface area (Å²) in [6, 6.07) is 8.11. The van der Waals surface area contributed by atoms with E-state index in [0.717, 1.165) is 18.5 Å². The first-order valence-electron chi connectivity index (χ1n) is 6.48. The maximum atomic E-state index is 10.4. The summed E-state index contributed by atoms with van der Waals surface area (Å²) in [4.78, 5) is 10.4. The molecule has 1 rings (SSSR count). The second-order valence-electron chi connectivity index (χ2n) is 6.22. The second-order valence-corrected chi connectivity index (χ2v) is 10.9. The van der Waals surface area contributed by atoms with Crippen molar-refractivity contribution in [3.63, 3.8) is 0 Å². The number of carbonyl (C=O) groups is 1. The molecule has 1 aromatic carbocycles. The van der Waals surface area contributed by atoms with E-state index >= 15 is 0 Å². The standard InChI is InChI=1S/C15H24O2Si/c1-15(2,3)18(4,5)17-14-10-6-8-13(12-14)9-7-11-16/h6,8,10-12H,7,9H2,1-5H3. The van der Waals surface area contributed by atoms with Crippen molar-refractivity contribution < 1.29 is 9.22 Å². The Balaban J connectivity index is 2.82. The average molecular weight is 264 g/mol. The highest BCUT2D eigenvalue weighted by Gasteiger charge is 2.38. The number of aldehydes is 1. The number of benzene rings is 1. The smallest absolute Gasteiger partial charge is 0.250 e. The Kier molecular flexibility index (Phi) is 4.74. The van der Waals surface area contributed by atoms with Crippen molar-refractivity contribution in [2.24, 2.45) is 0 Å². The lowest BCUT2D eigenvalue weighted by Gasteiger charge is -2.36. The van der Waals surface area contributed by atoms with Gasteiger partial charge < -0.3 is 9.22 Å². The molecule has 0 radical (unpaired) electrons. The Bertz CT molecular complexity index is 405. The van der Waals surface area contributed by atoms with E-state index in [1.54, 1.807) is 0 Å². The van der Waals surface area contributed by atoms with Crippen LogP contribution in [-0.2, 0) is 11.2 Å². The molecule has 3 heteroatoms. The third-order valence-electron chi connectivity index (χ3n) is 3.63. The van der Waals surface area contributed by atoms with Crippen LogP contribution in [0.5, 0.6) is 5.75 Å². The lowest BCUT2D eigenvalue weighted by Crippen LogP contribution is -2.43. The van der Waals surface area contributed by atoms with Gasteiger partial charge in [0.25, 0.3) is 0 Å². The number of aryl methyl sites for hydroxylation is 1. The summed E-state index contributed by atoms with van der Waals surface area (Å²) < 4.78 is 6.24. The number of hydrogen-bond acceptors (Lipinski definition) is 2. The van der Waals surface area contributed by atoms with Gasteiger partial charge in [-0.2, -0.15) is 0 Å². The molecule has 0 fully saturated rings. The quantitative estimate of drug-likeness (QED) is 0.588. The number of carbonyl (C=O) groups excluding carboxylic acids is 1. The fourth-order valence-electron chi connectivity index (χ4n) is 1.44. The first kappa shape index (κ1) is 15.0. The Morgan fingerprint density at radius 1 is 1.28 bits per heavy atom. The summed E-state index contributed by atoms with van der Waals surface area (Å²) in [6.45, 7) is 11.2. The van der Waals surface area contributed by atoms with Crippen LogP contribution >= 0.6 is 0 Å². The second kappa shape index (κ2) is 5.70. The van der Waals surface area contributed by atoms with Crippen molar-refractivity contribution in [1.29, 1.82) is 0 Å². The third-order valence-corrected chi connectivity index (χ3v) is 7.99. The molecular weight excluding hydrogens is 240 g/mol. The highest BCUT2D eigenvalue weighted by molar-refractivity contribution is 6.74. The lowest BCUT2D eigenvalue weighted by atomic mass is 10.1. The molecule has 0 aromatic heterocycles. The largest absolute Gasteiger partial charge is 0.543 e. The summed E-state index contributed by atoms with van der Waals surface area (Å²) in [5.41, 5.74) is 1.17. The Hall–Kier alpha value is -1.09. The number of hydrogen-bond donors (Lipinski definition) is 0. The van der Waals surface area contributed by atoms with Crippen molar-refractivity contribution in [3.8, 4) is 5.75 Å². The summed E-state index contributed by atoms with van der Waals surface area (Å²) in [5.74, 6) is 0.935. The van der Waals surface area contributed by atoms with E-state index in [1.807, 2.05) is 18.2 Å². The first-order valence-corrected chi connectivity index (χ1v) is 9.39. The van der Waals surface area contributed by atoms with Crippen LogP contribution in [0.25, 0.3) is 0 Å². The van der Waals surface area contributed by atoms with Crippen molar-refractivity contribution >= 4 is 14.6 Å². The molecule has 0 amide bonds. The molecule has 0 bridgehead atoms. The highest BCUT2D eigenvalue weighted by atomic mass is 28.4. The predicted molar refractivity (Wildman–Crippen MR) is 78.7 cm³/mol. The molecule has 0 saturated heterocycles. The van der Waals surface area contributed by atoms with Crippen molar-refractivity contribution in [3.05, 3.63) is 29.8 Å². The fraction of sp³-hybridized carbons (Fsp3) is 0.533. The normalized spacial score (nSPS) is 12.3. The van der Waals surface area contributed by atoms with Gasteiger partial charge in [-0.3, -0.25) is 0 Å². The maximum absolute atomic E-state index is 10.4. The van der Waals surface area contributed by atoms with Gasteiger partial charge in [0, 0.05) is 6.42 Å². The predicted octanol–water partition coefficient (Wildman–Crippen LogP) is 4.20. The Morgan fingerprint density at radius 3 is 2.50 bits per heavy atom. The van der Waals surface area contributed by atoms with Gasteiger partial charge in [-0.1, -0.05) is 32.9 Å². The van der Waals surface area contributed by atoms with E-state index in [-0.39, 0.29) is 5.04 Å². The van der Waals surface area contributed by atoms with Gasteiger partial charge in [0.05, 0.1) is 0 Å². The van der Waals surface area contributed by atoms with Crippen LogP contribution in [0.2, 0.25) is 18.1 Å². The van der Waals surface area contributed by atoms with E-state index in [1.165, 1.54) is 5.56 Å². The van der Waals surface area contributed by atoms with Gasteiger partial charge in [0.15, 0.2) is 0 Å². The molecule has 100 valence electrons. The molecular formula is C15H24O2Si. The third kappa shape index (κ3) is 3.98. The van der Waals surface area contributed by atoms with Crippen molar-refractivity contribution in [1.82, 2.24) is 0 Å². The van der Waals surface area contributed by atoms with Crippen LogP contribution in [0, 0.1) is 0 Å². The van der Waals surface area contributed by atoms with Gasteiger partial charge >= 0.3 is 0 Å². The van der Waals surface area contributed by atoms with Crippen LogP contribution in [0.1, 0.15) is 32.8 Å². The average Bonchev–Trinajstić information content (AvgIpc) is 2.24. The molecule has 0 aliphatic carbocycles. The molecule has 0 aliphatic heterocycles. The summed E-state index contributed by atoms with van der Waals surface area (Å²) >= 11 is 0. The molecule has 0 saturated carbocycles. The highest BCUT2D eigenvalue weighted by Crippen LogP contribution is 2.37. The van der Waals surface area contributed by atoms with E-state index in [2.05, 4.69) is 39.9 Å². The lowest BCUT2D eigenvalue weighted by molar-refractivity contribution is -0.107. The summed E-state index contributed by atoms with van der Waals surface area (Å²) in [6.07, 6.45) is 2.32. The van der Waals surface area contributed by atoms with Gasteiger partial charge in [-0.15, -0.1) is 0 Å². The van der Waals surface area contributed by atoms with E-state index in [9.17, 15) is 4.79 Å². The monoisotopic (exact) mass is 264 g/mol. The molecule has 1 aromatic rings. The molecule has 2 nitrogen and oxygen atoms in total. The maximum Gasteiger partial charge on any atom is 0.250 e. The SMILES string of the molecule is CC(C)(C)[Si](C)(C)Oc1cccc(CCC=O)c1. The zero-order chi connectivity index (χ0) is 13.8. The molecule has 0 spiro atoms. The van der Waals surface area contributed by atoms with Crippen molar-refractivity contribution in [2.75, 3.05) is 0 Å². The Morgan fingerprint density at radius 2 is 1.94 bits per heavy atom. The topological polar surface area (TPSA) is 26.3 Å². The molecule has 0 atom stereocenters. The van der Waals surface area contributed by atoms with Crippen LogP contribution < -0.4 is 4.43 Å². The van der Waals surface area contributed by atoms with Gasteiger partial charge in [0.2, 0.25) is 8.32 Å². The van der Waals surface area contributed by atoms with Crippen LogP contribution in [0.15, 0.2) is 24.3 Å². The minimum atomic E-state index is -1.77. The number of rotatable bonds is 5. The van der Waals surface area contributed by atoms with Crippen LogP contribution in [0.3, 0.4) is 0 Å². The summed E-state index contributed by atoms with van der Waals surface area (Å²) in [5, 5.41) is 0.200. The van der Waals surface area contributed by atoms with Crippen molar-refractivity contribution in [2.45, 2.75) is 51.7 Å². The molecule has 0 unspecified atom stereocenters. The summed E-state index contributed by atoms with van der Waals surface area (Å²) in [7, 11) is -1.77. The zero-order valence-electron chi connectivity index (χ0n) is 12.1. The van der Waals surface area contributed by atoms with E-state index < -0.39 is 8.32 Å². The fourth-order valence-corrected chi connectivity index (χ4v) is 2.46. The van der Waals surface area contributed by atoms with Gasteiger partial charge in [-0.25, -0.2) is 0 Å².